The minimum atomic E-state index is -0.259. The van der Waals surface area contributed by atoms with Crippen LogP contribution in [-0.4, -0.2) is 22.8 Å². The van der Waals surface area contributed by atoms with Gasteiger partial charge in [0.25, 0.3) is 5.91 Å². The van der Waals surface area contributed by atoms with Crippen molar-refractivity contribution >= 4 is 11.6 Å². The van der Waals surface area contributed by atoms with Gasteiger partial charge in [-0.25, -0.2) is 4.68 Å². The molecule has 6 nitrogen and oxygen atoms in total. The lowest BCUT2D eigenvalue weighted by Crippen LogP contribution is -2.16. The van der Waals surface area contributed by atoms with Crippen LogP contribution in [0.25, 0.3) is 17.1 Å². The zero-order valence-electron chi connectivity index (χ0n) is 15.5. The standard InChI is InChI=1S/C22H19N3O3/c1-15-5-7-16(8-6-15)23-22(26)20-14-19(21-4-3-13-28-21)24-25(20)17-9-11-18(27-2)12-10-17/h3-14H,1-2H3,(H,23,26). The minimum Gasteiger partial charge on any atom is -0.497 e. The normalized spacial score (nSPS) is 10.6. The van der Waals surface area contributed by atoms with Crippen molar-refractivity contribution in [2.75, 3.05) is 12.4 Å². The van der Waals surface area contributed by atoms with Crippen molar-refractivity contribution in [2.45, 2.75) is 6.92 Å². The lowest BCUT2D eigenvalue weighted by atomic mass is 10.2. The van der Waals surface area contributed by atoms with E-state index >= 15 is 0 Å². The molecule has 1 amide bonds. The number of methoxy groups -OCH3 is 1. The highest BCUT2D eigenvalue weighted by molar-refractivity contribution is 6.04. The summed E-state index contributed by atoms with van der Waals surface area (Å²) in [5, 5.41) is 7.50. The van der Waals surface area contributed by atoms with Crippen LogP contribution in [0.4, 0.5) is 5.69 Å². The van der Waals surface area contributed by atoms with E-state index in [4.69, 9.17) is 9.15 Å². The molecule has 0 unspecified atom stereocenters. The number of aryl methyl sites for hydroxylation is 1. The van der Waals surface area contributed by atoms with Gasteiger partial charge in [-0.2, -0.15) is 5.10 Å². The molecule has 0 atom stereocenters. The molecule has 0 radical (unpaired) electrons. The summed E-state index contributed by atoms with van der Waals surface area (Å²) in [5.74, 6) is 1.06. The quantitative estimate of drug-likeness (QED) is 0.550. The number of furan rings is 1. The predicted molar refractivity (Wildman–Crippen MR) is 107 cm³/mol. The Balaban J connectivity index is 1.73. The van der Waals surface area contributed by atoms with E-state index < -0.39 is 0 Å². The fourth-order valence-electron chi connectivity index (χ4n) is 2.84. The van der Waals surface area contributed by atoms with Crippen molar-refractivity contribution in [2.24, 2.45) is 0 Å². The Morgan fingerprint density at radius 3 is 2.46 bits per heavy atom. The molecule has 2 aromatic carbocycles. The van der Waals surface area contributed by atoms with Crippen LogP contribution in [0, 0.1) is 6.92 Å². The first-order valence-corrected chi connectivity index (χ1v) is 8.80. The Morgan fingerprint density at radius 2 is 1.82 bits per heavy atom. The number of ether oxygens (including phenoxy) is 1. The van der Waals surface area contributed by atoms with E-state index in [1.54, 1.807) is 30.2 Å². The number of nitrogens with zero attached hydrogens (tertiary/aromatic N) is 2. The van der Waals surface area contributed by atoms with E-state index in [0.29, 0.717) is 17.1 Å². The smallest absolute Gasteiger partial charge is 0.274 e. The van der Waals surface area contributed by atoms with E-state index in [1.165, 1.54) is 0 Å². The third kappa shape index (κ3) is 3.53. The molecule has 28 heavy (non-hydrogen) atoms. The Morgan fingerprint density at radius 1 is 1.07 bits per heavy atom. The van der Waals surface area contributed by atoms with Crippen LogP contribution in [0.2, 0.25) is 0 Å². The molecule has 0 spiro atoms. The van der Waals surface area contributed by atoms with Crippen LogP contribution >= 0.6 is 0 Å². The monoisotopic (exact) mass is 373 g/mol. The van der Waals surface area contributed by atoms with Crippen LogP contribution in [0.15, 0.2) is 77.4 Å². The number of anilines is 1. The number of nitrogens with one attached hydrogen (secondary N) is 1. The molecule has 0 aliphatic heterocycles. The molecule has 2 heterocycles. The largest absolute Gasteiger partial charge is 0.497 e. The summed E-state index contributed by atoms with van der Waals surface area (Å²) in [5.41, 5.74) is 3.57. The first-order chi connectivity index (χ1) is 13.6. The first kappa shape index (κ1) is 17.6. The molecule has 0 aliphatic carbocycles. The molecule has 0 saturated heterocycles. The molecule has 140 valence electrons. The average molecular weight is 373 g/mol. The zero-order chi connectivity index (χ0) is 19.5. The van der Waals surface area contributed by atoms with Gasteiger partial charge in [-0.05, 0) is 55.5 Å². The maximum absolute atomic E-state index is 13.0. The second-order valence-corrected chi connectivity index (χ2v) is 6.32. The summed E-state index contributed by atoms with van der Waals surface area (Å²) in [4.78, 5) is 13.0. The van der Waals surface area contributed by atoms with Gasteiger partial charge in [-0.3, -0.25) is 4.79 Å². The van der Waals surface area contributed by atoms with Crippen molar-refractivity contribution in [1.82, 2.24) is 9.78 Å². The molecule has 0 bridgehead atoms. The molecule has 0 aliphatic rings. The Hall–Kier alpha value is -3.80. The van der Waals surface area contributed by atoms with Gasteiger partial charge < -0.3 is 14.5 Å². The lowest BCUT2D eigenvalue weighted by molar-refractivity contribution is 0.101. The highest BCUT2D eigenvalue weighted by Gasteiger charge is 2.19. The Bertz CT molecular complexity index is 1080. The summed E-state index contributed by atoms with van der Waals surface area (Å²) in [6, 6.07) is 20.3. The van der Waals surface area contributed by atoms with Gasteiger partial charge in [-0.1, -0.05) is 17.7 Å². The fraction of sp³-hybridized carbons (Fsp3) is 0.0909. The van der Waals surface area contributed by atoms with Crippen LogP contribution in [-0.2, 0) is 0 Å². The zero-order valence-corrected chi connectivity index (χ0v) is 15.5. The maximum Gasteiger partial charge on any atom is 0.274 e. The van der Waals surface area contributed by atoms with E-state index in [9.17, 15) is 4.79 Å². The summed E-state index contributed by atoms with van der Waals surface area (Å²) in [7, 11) is 1.61. The van der Waals surface area contributed by atoms with E-state index in [1.807, 2.05) is 61.5 Å². The van der Waals surface area contributed by atoms with Gasteiger partial charge in [0.05, 0.1) is 19.1 Å². The van der Waals surface area contributed by atoms with Gasteiger partial charge in [0.15, 0.2) is 5.76 Å². The summed E-state index contributed by atoms with van der Waals surface area (Å²) in [6.07, 6.45) is 1.58. The van der Waals surface area contributed by atoms with Crippen LogP contribution in [0.1, 0.15) is 16.1 Å². The highest BCUT2D eigenvalue weighted by atomic mass is 16.5. The van der Waals surface area contributed by atoms with Crippen molar-refractivity contribution in [3.05, 3.63) is 84.3 Å². The second kappa shape index (κ2) is 7.44. The molecule has 0 fully saturated rings. The van der Waals surface area contributed by atoms with Crippen LogP contribution in [0.5, 0.6) is 5.75 Å². The van der Waals surface area contributed by atoms with Gasteiger partial charge >= 0.3 is 0 Å². The van der Waals surface area contributed by atoms with Crippen LogP contribution in [0.3, 0.4) is 0 Å². The topological polar surface area (TPSA) is 69.3 Å². The van der Waals surface area contributed by atoms with Crippen LogP contribution < -0.4 is 10.1 Å². The van der Waals surface area contributed by atoms with E-state index in [0.717, 1.165) is 22.7 Å². The third-order valence-electron chi connectivity index (χ3n) is 4.34. The van der Waals surface area contributed by atoms with Gasteiger partial charge in [0.1, 0.15) is 17.1 Å². The lowest BCUT2D eigenvalue weighted by Gasteiger charge is -2.09. The molecule has 6 heteroatoms. The second-order valence-electron chi connectivity index (χ2n) is 6.32. The maximum atomic E-state index is 13.0. The summed E-state index contributed by atoms with van der Waals surface area (Å²) >= 11 is 0. The predicted octanol–water partition coefficient (Wildman–Crippen LogP) is 4.70. The number of amides is 1. The highest BCUT2D eigenvalue weighted by Crippen LogP contribution is 2.24. The number of hydrogen-bond donors (Lipinski definition) is 1. The molecule has 4 aromatic rings. The van der Waals surface area contributed by atoms with Gasteiger partial charge in [-0.15, -0.1) is 0 Å². The summed E-state index contributed by atoms with van der Waals surface area (Å²) in [6.45, 7) is 2.00. The number of aromatic nitrogens is 2. The molecule has 1 N–H and O–H groups in total. The molecular weight excluding hydrogens is 354 g/mol. The van der Waals surface area contributed by atoms with Gasteiger partial charge in [0, 0.05) is 11.8 Å². The van der Waals surface area contributed by atoms with Crippen molar-refractivity contribution in [1.29, 1.82) is 0 Å². The Labute approximate surface area is 162 Å². The Kier molecular flexibility index (Phi) is 4.68. The molecule has 4 rings (SSSR count). The number of carbonyl (C=O) groups excluding carboxylic acids is 1. The third-order valence-corrected chi connectivity index (χ3v) is 4.34. The van der Waals surface area contributed by atoms with Crippen molar-refractivity contribution in [3.63, 3.8) is 0 Å². The fourth-order valence-corrected chi connectivity index (χ4v) is 2.84. The first-order valence-electron chi connectivity index (χ1n) is 8.80. The molecule has 0 saturated carbocycles. The summed E-state index contributed by atoms with van der Waals surface area (Å²) < 4.78 is 12.3. The molecular formula is C22H19N3O3. The van der Waals surface area contributed by atoms with Gasteiger partial charge in [0.2, 0.25) is 0 Å². The minimum absolute atomic E-state index is 0.259. The number of hydrogen-bond acceptors (Lipinski definition) is 4. The number of benzene rings is 2. The number of carbonyl (C=O) groups is 1. The van der Waals surface area contributed by atoms with E-state index in [2.05, 4.69) is 10.4 Å². The van der Waals surface area contributed by atoms with E-state index in [-0.39, 0.29) is 5.91 Å². The molecule has 2 aromatic heterocycles. The van der Waals surface area contributed by atoms with Crippen molar-refractivity contribution < 1.29 is 13.9 Å². The average Bonchev–Trinajstić information content (AvgIpc) is 3.39. The SMILES string of the molecule is COc1ccc(-n2nc(-c3ccco3)cc2C(=O)Nc2ccc(C)cc2)cc1. The number of rotatable bonds is 5. The van der Waals surface area contributed by atoms with Crippen molar-refractivity contribution in [3.8, 4) is 22.9 Å².